The molecule has 0 amide bonds. The first-order valence-corrected chi connectivity index (χ1v) is 4.17. The second-order valence-electron chi connectivity index (χ2n) is 2.76. The highest BCUT2D eigenvalue weighted by Crippen LogP contribution is 2.07. The quantitative estimate of drug-likeness (QED) is 0.569. The van der Waals surface area contributed by atoms with Crippen molar-refractivity contribution >= 4 is 11.7 Å². The number of rotatable bonds is 3. The van der Waals surface area contributed by atoms with E-state index in [1.807, 2.05) is 30.3 Å². The van der Waals surface area contributed by atoms with Crippen LogP contribution in [-0.2, 0) is 9.53 Å². The predicted octanol–water partition coefficient (Wildman–Crippen LogP) is 2.01. The van der Waals surface area contributed by atoms with Crippen LogP contribution < -0.4 is 5.32 Å². The number of nitrogens with one attached hydrogen (secondary N) is 1. The molecule has 1 rings (SSSR count). The highest BCUT2D eigenvalue weighted by Gasteiger charge is 2.03. The average Bonchev–Trinajstić information content (AvgIpc) is 2.04. The van der Waals surface area contributed by atoms with E-state index in [1.54, 1.807) is 6.92 Å². The molecule has 0 aliphatic rings. The van der Waals surface area contributed by atoms with Crippen LogP contribution in [0.4, 0.5) is 5.69 Å². The maximum absolute atomic E-state index is 10.6. The van der Waals surface area contributed by atoms with Gasteiger partial charge in [-0.25, -0.2) is 0 Å². The van der Waals surface area contributed by atoms with Crippen molar-refractivity contribution in [2.45, 2.75) is 20.1 Å². The van der Waals surface area contributed by atoms with Crippen LogP contribution in [0.25, 0.3) is 0 Å². The molecule has 70 valence electrons. The Morgan fingerprint density at radius 3 is 2.54 bits per heavy atom. The standard InChI is InChI=1S/C10H13NO2/c1-8(13-9(2)12)11-10-6-4-3-5-7-10/h3-8,11H,1-2H3. The Labute approximate surface area is 77.7 Å². The second-order valence-corrected chi connectivity index (χ2v) is 2.76. The van der Waals surface area contributed by atoms with Gasteiger partial charge in [-0.05, 0) is 19.1 Å². The fraction of sp³-hybridized carbons (Fsp3) is 0.300. The van der Waals surface area contributed by atoms with E-state index in [4.69, 9.17) is 4.74 Å². The Kier molecular flexibility index (Phi) is 3.31. The van der Waals surface area contributed by atoms with Gasteiger partial charge in [-0.15, -0.1) is 0 Å². The Balaban J connectivity index is 2.45. The molecule has 0 saturated carbocycles. The number of carbonyl (C=O) groups excluding carboxylic acids is 1. The van der Waals surface area contributed by atoms with Crippen LogP contribution in [-0.4, -0.2) is 12.2 Å². The average molecular weight is 179 g/mol. The Bertz CT molecular complexity index is 272. The smallest absolute Gasteiger partial charge is 0.304 e. The normalized spacial score (nSPS) is 11.8. The molecule has 1 aromatic carbocycles. The van der Waals surface area contributed by atoms with Gasteiger partial charge < -0.3 is 10.1 Å². The van der Waals surface area contributed by atoms with Gasteiger partial charge in [0.05, 0.1) is 0 Å². The minimum Gasteiger partial charge on any atom is -0.442 e. The lowest BCUT2D eigenvalue weighted by atomic mass is 10.3. The zero-order valence-corrected chi connectivity index (χ0v) is 7.78. The SMILES string of the molecule is CC(=O)OC(C)Nc1ccccc1. The van der Waals surface area contributed by atoms with Crippen molar-refractivity contribution in [3.05, 3.63) is 30.3 Å². The Morgan fingerprint density at radius 2 is 2.00 bits per heavy atom. The number of benzene rings is 1. The molecule has 1 aromatic rings. The zero-order valence-electron chi connectivity index (χ0n) is 7.78. The van der Waals surface area contributed by atoms with Crippen LogP contribution in [0.1, 0.15) is 13.8 Å². The molecule has 0 aliphatic heterocycles. The van der Waals surface area contributed by atoms with Crippen molar-refractivity contribution in [1.82, 2.24) is 0 Å². The number of ether oxygens (including phenoxy) is 1. The lowest BCUT2D eigenvalue weighted by Crippen LogP contribution is -2.21. The van der Waals surface area contributed by atoms with Crippen molar-refractivity contribution < 1.29 is 9.53 Å². The highest BCUT2D eigenvalue weighted by atomic mass is 16.6. The summed E-state index contributed by atoms with van der Waals surface area (Å²) in [5, 5.41) is 3.03. The first kappa shape index (κ1) is 9.58. The molecule has 0 aliphatic carbocycles. The third kappa shape index (κ3) is 3.60. The van der Waals surface area contributed by atoms with E-state index in [2.05, 4.69) is 5.32 Å². The second kappa shape index (κ2) is 4.50. The number of hydrogen-bond donors (Lipinski definition) is 1. The molecule has 1 unspecified atom stereocenters. The van der Waals surface area contributed by atoms with Crippen molar-refractivity contribution in [2.24, 2.45) is 0 Å². The summed E-state index contributed by atoms with van der Waals surface area (Å²) in [7, 11) is 0. The molecule has 0 saturated heterocycles. The fourth-order valence-electron chi connectivity index (χ4n) is 1.05. The van der Waals surface area contributed by atoms with Gasteiger partial charge in [0.1, 0.15) is 0 Å². The summed E-state index contributed by atoms with van der Waals surface area (Å²) in [5.74, 6) is -0.282. The molecular formula is C10H13NO2. The predicted molar refractivity (Wildman–Crippen MR) is 51.3 cm³/mol. The molecular weight excluding hydrogens is 166 g/mol. The van der Waals surface area contributed by atoms with E-state index in [1.165, 1.54) is 6.92 Å². The summed E-state index contributed by atoms with van der Waals surface area (Å²) in [6.45, 7) is 3.18. The van der Waals surface area contributed by atoms with Crippen LogP contribution >= 0.6 is 0 Å². The fourth-order valence-corrected chi connectivity index (χ4v) is 1.05. The molecule has 3 nitrogen and oxygen atoms in total. The number of hydrogen-bond acceptors (Lipinski definition) is 3. The first-order valence-electron chi connectivity index (χ1n) is 4.17. The summed E-state index contributed by atoms with van der Waals surface area (Å²) in [5.41, 5.74) is 0.941. The minimum atomic E-state index is -0.292. The van der Waals surface area contributed by atoms with E-state index in [9.17, 15) is 4.79 Å². The number of esters is 1. The van der Waals surface area contributed by atoms with Gasteiger partial charge in [0, 0.05) is 12.6 Å². The summed E-state index contributed by atoms with van der Waals surface area (Å²) < 4.78 is 4.90. The van der Waals surface area contributed by atoms with Gasteiger partial charge in [-0.2, -0.15) is 0 Å². The van der Waals surface area contributed by atoms with Gasteiger partial charge in [0.2, 0.25) is 0 Å². The molecule has 1 atom stereocenters. The Hall–Kier alpha value is -1.51. The van der Waals surface area contributed by atoms with Crippen LogP contribution in [0.5, 0.6) is 0 Å². The van der Waals surface area contributed by atoms with Crippen LogP contribution in [0.3, 0.4) is 0 Å². The summed E-state index contributed by atoms with van der Waals surface area (Å²) in [6.07, 6.45) is -0.292. The van der Waals surface area contributed by atoms with E-state index in [0.717, 1.165) is 5.69 Å². The number of anilines is 1. The monoisotopic (exact) mass is 179 g/mol. The molecule has 13 heavy (non-hydrogen) atoms. The maximum atomic E-state index is 10.6. The first-order chi connectivity index (χ1) is 6.18. The van der Waals surface area contributed by atoms with Gasteiger partial charge >= 0.3 is 5.97 Å². The van der Waals surface area contributed by atoms with E-state index < -0.39 is 0 Å². The van der Waals surface area contributed by atoms with Gasteiger partial charge in [-0.1, -0.05) is 18.2 Å². The van der Waals surface area contributed by atoms with Crippen LogP contribution in [0.15, 0.2) is 30.3 Å². The van der Waals surface area contributed by atoms with Gasteiger partial charge in [-0.3, -0.25) is 4.79 Å². The summed E-state index contributed by atoms with van der Waals surface area (Å²) >= 11 is 0. The molecule has 3 heteroatoms. The molecule has 1 N–H and O–H groups in total. The molecule has 0 fully saturated rings. The van der Waals surface area contributed by atoms with Crippen molar-refractivity contribution in [3.63, 3.8) is 0 Å². The zero-order chi connectivity index (χ0) is 9.68. The van der Waals surface area contributed by atoms with Crippen molar-refractivity contribution in [1.29, 1.82) is 0 Å². The number of para-hydroxylation sites is 1. The topological polar surface area (TPSA) is 38.3 Å². The molecule has 0 radical (unpaired) electrons. The van der Waals surface area contributed by atoms with Gasteiger partial charge in [0.25, 0.3) is 0 Å². The summed E-state index contributed by atoms with van der Waals surface area (Å²) in [6, 6.07) is 9.60. The van der Waals surface area contributed by atoms with Crippen LogP contribution in [0, 0.1) is 0 Å². The molecule has 0 heterocycles. The molecule has 0 spiro atoms. The largest absolute Gasteiger partial charge is 0.442 e. The maximum Gasteiger partial charge on any atom is 0.304 e. The van der Waals surface area contributed by atoms with Crippen molar-refractivity contribution in [2.75, 3.05) is 5.32 Å². The molecule has 0 bridgehead atoms. The number of carbonyl (C=O) groups is 1. The minimum absolute atomic E-state index is 0.282. The van der Waals surface area contributed by atoms with Crippen molar-refractivity contribution in [3.8, 4) is 0 Å². The van der Waals surface area contributed by atoms with Crippen LogP contribution in [0.2, 0.25) is 0 Å². The van der Waals surface area contributed by atoms with Gasteiger partial charge in [0.15, 0.2) is 6.23 Å². The Morgan fingerprint density at radius 1 is 1.38 bits per heavy atom. The third-order valence-electron chi connectivity index (χ3n) is 1.49. The third-order valence-corrected chi connectivity index (χ3v) is 1.49. The molecule has 0 aromatic heterocycles. The lowest BCUT2D eigenvalue weighted by Gasteiger charge is -2.14. The van der Waals surface area contributed by atoms with E-state index in [-0.39, 0.29) is 12.2 Å². The lowest BCUT2D eigenvalue weighted by molar-refractivity contribution is -0.144. The van der Waals surface area contributed by atoms with E-state index in [0.29, 0.717) is 0 Å². The van der Waals surface area contributed by atoms with E-state index >= 15 is 0 Å². The summed E-state index contributed by atoms with van der Waals surface area (Å²) in [4.78, 5) is 10.6. The highest BCUT2D eigenvalue weighted by molar-refractivity contribution is 5.66.